The van der Waals surface area contributed by atoms with Crippen molar-refractivity contribution < 1.29 is 21.1 Å². The van der Waals surface area contributed by atoms with Crippen molar-refractivity contribution in [2.75, 3.05) is 0 Å². The summed E-state index contributed by atoms with van der Waals surface area (Å²) in [6.45, 7) is 28.6. The predicted molar refractivity (Wildman–Crippen MR) is 163 cm³/mol. The molecule has 4 unspecified atom stereocenters. The summed E-state index contributed by atoms with van der Waals surface area (Å²) in [7, 11) is 5.39. The number of hydrogen-bond donors (Lipinski definition) is 0. The van der Waals surface area contributed by atoms with Gasteiger partial charge in [-0.05, 0) is 23.7 Å². The van der Waals surface area contributed by atoms with Gasteiger partial charge in [0.05, 0.1) is 17.0 Å². The number of hydrogen-bond acceptors (Lipinski definition) is 1. The molecule has 4 atom stereocenters. The quantitative estimate of drug-likeness (QED) is 0.226. The normalized spacial score (nSPS) is 30.1. The predicted octanol–water partition coefficient (Wildman–Crippen LogP) is 10.7. The minimum atomic E-state index is -2.19. The second-order valence-corrected chi connectivity index (χ2v) is 23.5. The summed E-state index contributed by atoms with van der Waals surface area (Å²) in [5.74, 6) is 5.60. The van der Waals surface area contributed by atoms with Crippen LogP contribution in [0.25, 0.3) is 9.96 Å². The van der Waals surface area contributed by atoms with Gasteiger partial charge in [-0.1, -0.05) is 144 Å². The first kappa shape index (κ1) is 35.6. The van der Waals surface area contributed by atoms with Crippen LogP contribution in [0.2, 0.25) is 26.2 Å². The van der Waals surface area contributed by atoms with E-state index in [4.69, 9.17) is 32.7 Å². The minimum absolute atomic E-state index is 0.465. The van der Waals surface area contributed by atoms with E-state index in [9.17, 15) is 0 Å². The fraction of sp³-hybridized carbons (Fsp3) is 1.00. The molecule has 2 fully saturated rings. The first-order chi connectivity index (χ1) is 16.6. The van der Waals surface area contributed by atoms with Crippen LogP contribution in [-0.2, 0) is 21.1 Å². The van der Waals surface area contributed by atoms with Gasteiger partial charge in [0.25, 0.3) is 0 Å². The summed E-state index contributed by atoms with van der Waals surface area (Å²) in [5, 5.41) is 0. The molecule has 0 saturated heterocycles. The molecule has 3 nitrogen and oxygen atoms in total. The van der Waals surface area contributed by atoms with Crippen molar-refractivity contribution in [1.82, 2.24) is 0 Å². The van der Waals surface area contributed by atoms with Crippen LogP contribution in [0.4, 0.5) is 0 Å². The van der Waals surface area contributed by atoms with Gasteiger partial charge in [0.1, 0.15) is 0 Å². The summed E-state index contributed by atoms with van der Waals surface area (Å²) >= 11 is -0.556. The molecular formula is C28H58Cl2N2OSi2Ti-2. The third kappa shape index (κ3) is 11.2. The monoisotopic (exact) mass is 612 g/mol. The molecule has 0 heterocycles. The molecule has 36 heavy (non-hydrogen) atoms. The molecule has 0 aliphatic heterocycles. The molecule has 214 valence electrons. The summed E-state index contributed by atoms with van der Waals surface area (Å²) in [4.78, 5) is 11.3. The van der Waals surface area contributed by atoms with Crippen LogP contribution in [0.15, 0.2) is 0 Å². The summed E-state index contributed by atoms with van der Waals surface area (Å²) in [6.07, 6.45) is 8.06. The van der Waals surface area contributed by atoms with Gasteiger partial charge in [-0.3, -0.25) is 0 Å². The van der Waals surface area contributed by atoms with E-state index < -0.39 is 34.0 Å². The first-order valence-corrected chi connectivity index (χ1v) is 24.7. The third-order valence-corrected chi connectivity index (χ3v) is 14.6. The Balaban J connectivity index is 0.00000205. The maximum absolute atomic E-state index is 7.09. The second-order valence-electron chi connectivity index (χ2n) is 13.8. The zero-order chi connectivity index (χ0) is 27.8. The Morgan fingerprint density at radius 2 is 0.806 bits per heavy atom. The van der Waals surface area contributed by atoms with E-state index in [2.05, 4.69) is 81.6 Å². The van der Waals surface area contributed by atoms with Crippen molar-refractivity contribution in [3.8, 4) is 0 Å². The van der Waals surface area contributed by atoms with Crippen LogP contribution in [0.5, 0.6) is 0 Å². The molecule has 8 heteroatoms. The van der Waals surface area contributed by atoms with Gasteiger partial charge in [0, 0.05) is 0 Å². The molecule has 0 aromatic rings. The molecule has 2 aliphatic carbocycles. The summed E-state index contributed by atoms with van der Waals surface area (Å²) in [5.41, 5.74) is 0. The summed E-state index contributed by atoms with van der Waals surface area (Å²) in [6, 6.07) is 0.929. The molecule has 0 bridgehead atoms. The standard InChI is InChI=1S/C28H58N2OSi2.2ClH.Ti/c1-19(2)23-15-13-16-24(20(3)4)27(23)29-32(9,10)31-33(11,12)30-28-25(21(5)6)17-14-18-26(28)22(7)8;;;/h19-28H,13-18H2,1-12H3;2*1H;/q-2;;;+2/p-2. The van der Waals surface area contributed by atoms with E-state index in [1.54, 1.807) is 0 Å². The van der Waals surface area contributed by atoms with Gasteiger partial charge in [0.15, 0.2) is 0 Å². The fourth-order valence-corrected chi connectivity index (χ4v) is 14.7. The number of halogens is 2. The molecule has 2 rings (SSSR count). The second kappa shape index (κ2) is 16.2. The molecule has 0 amide bonds. The Labute approximate surface area is 244 Å². The number of nitrogens with zero attached hydrogens (tertiary/aromatic N) is 2. The zero-order valence-electron chi connectivity index (χ0n) is 25.6. The van der Waals surface area contributed by atoms with E-state index in [1.165, 1.54) is 38.5 Å². The molecule has 0 spiro atoms. The van der Waals surface area contributed by atoms with Gasteiger partial charge in [-0.15, -0.1) is 12.1 Å². The molecular weight excluding hydrogens is 555 g/mol. The van der Waals surface area contributed by atoms with Crippen molar-refractivity contribution in [3.05, 3.63) is 9.96 Å². The van der Waals surface area contributed by atoms with Gasteiger partial charge in [-0.25, -0.2) is 0 Å². The summed E-state index contributed by atoms with van der Waals surface area (Å²) < 4.78 is 7.09. The van der Waals surface area contributed by atoms with E-state index in [0.29, 0.717) is 59.4 Å². The van der Waals surface area contributed by atoms with Crippen LogP contribution >= 0.6 is 18.6 Å². The van der Waals surface area contributed by atoms with Crippen LogP contribution in [0, 0.1) is 47.3 Å². The average molecular weight is 614 g/mol. The maximum atomic E-state index is 7.09. The first-order valence-electron chi connectivity index (χ1n) is 14.7. The van der Waals surface area contributed by atoms with E-state index >= 15 is 0 Å². The Morgan fingerprint density at radius 1 is 0.583 bits per heavy atom. The van der Waals surface area contributed by atoms with Crippen LogP contribution in [0.3, 0.4) is 0 Å². The van der Waals surface area contributed by atoms with Gasteiger partial charge in [-0.2, -0.15) is 0 Å². The Bertz CT molecular complexity index is 540. The van der Waals surface area contributed by atoms with Crippen LogP contribution in [-0.4, -0.2) is 29.0 Å². The van der Waals surface area contributed by atoms with Crippen LogP contribution < -0.4 is 0 Å². The molecule has 0 radical (unpaired) electrons. The molecule has 0 aromatic heterocycles. The Kier molecular flexibility index (Phi) is 16.0. The van der Waals surface area contributed by atoms with Crippen molar-refractivity contribution in [2.24, 2.45) is 47.3 Å². The van der Waals surface area contributed by atoms with Gasteiger partial charge in [0.2, 0.25) is 0 Å². The molecule has 0 N–H and O–H groups in total. The van der Waals surface area contributed by atoms with E-state index in [0.717, 1.165) is 0 Å². The topological polar surface area (TPSA) is 37.4 Å². The third-order valence-electron chi connectivity index (χ3n) is 8.75. The fourth-order valence-electron chi connectivity index (χ4n) is 7.17. The number of rotatable bonds is 10. The molecule has 2 saturated carbocycles. The van der Waals surface area contributed by atoms with E-state index in [-0.39, 0.29) is 0 Å². The van der Waals surface area contributed by atoms with Crippen molar-refractivity contribution in [3.63, 3.8) is 0 Å². The zero-order valence-corrected chi connectivity index (χ0v) is 30.6. The molecule has 0 aromatic carbocycles. The SMILES string of the molecule is CC(C)C1CCCC(C(C)C)C1[N-][Si](C)(C)O[Si](C)(C)[N-]C1C(C(C)C)CCCC1C(C)C.[Cl][Ti][Cl]. The van der Waals surface area contributed by atoms with Crippen molar-refractivity contribution in [1.29, 1.82) is 0 Å². The Morgan fingerprint density at radius 3 is 1.00 bits per heavy atom. The van der Waals surface area contributed by atoms with E-state index in [1.807, 2.05) is 0 Å². The van der Waals surface area contributed by atoms with Crippen LogP contribution in [0.1, 0.15) is 93.9 Å². The van der Waals surface area contributed by atoms with Crippen molar-refractivity contribution in [2.45, 2.75) is 132 Å². The molecule has 2 aliphatic rings. The Hall–Kier alpha value is 1.61. The van der Waals surface area contributed by atoms with Crippen molar-refractivity contribution >= 4 is 35.6 Å². The average Bonchev–Trinajstić information content (AvgIpc) is 2.72. The van der Waals surface area contributed by atoms with Gasteiger partial charge < -0.3 is 14.1 Å². The van der Waals surface area contributed by atoms with Gasteiger partial charge >= 0.3 is 35.6 Å².